The zero-order chi connectivity index (χ0) is 17.4. The average Bonchev–Trinajstić information content (AvgIpc) is 2.26. The molecule has 7 nitrogen and oxygen atoms in total. The Hall–Kier alpha value is 0.151. The molecule has 0 bridgehead atoms. The third kappa shape index (κ3) is 79.3. The van der Waals surface area contributed by atoms with Gasteiger partial charge < -0.3 is 35.3 Å². The van der Waals surface area contributed by atoms with E-state index in [1.165, 1.54) is 19.6 Å². The van der Waals surface area contributed by atoms with Gasteiger partial charge in [-0.15, -0.1) is 5.54 Å². The van der Waals surface area contributed by atoms with Gasteiger partial charge in [-0.25, -0.2) is 0 Å². The van der Waals surface area contributed by atoms with E-state index >= 15 is 0 Å². The molecule has 21 heavy (non-hydrogen) atoms. The third-order valence-corrected chi connectivity index (χ3v) is 2.03. The molecule has 0 aromatic carbocycles. The minimum Gasteiger partial charge on any atom is -0.682 e. The normalized spacial score (nSPS) is 8.14. The second-order valence-electron chi connectivity index (χ2n) is 4.01. The van der Waals surface area contributed by atoms with Crippen LogP contribution in [0.5, 0.6) is 0 Å². The van der Waals surface area contributed by atoms with E-state index in [1.54, 1.807) is 0 Å². The molecule has 0 rings (SSSR count). The predicted molar refractivity (Wildman–Crippen MR) is 87.8 cm³/mol. The quantitative estimate of drug-likeness (QED) is 0.497. The zero-order valence-electron chi connectivity index (χ0n) is 13.8. The summed E-state index contributed by atoms with van der Waals surface area (Å²) < 4.78 is 27.9. The summed E-state index contributed by atoms with van der Waals surface area (Å²) in [4.78, 5) is 0. The molecule has 0 atom stereocenters. The Kier molecular flexibility index (Phi) is 35.2. The molecule has 0 aromatic heterocycles. The summed E-state index contributed by atoms with van der Waals surface area (Å²) in [7, 11) is -5.64. The first-order valence-corrected chi connectivity index (χ1v) is 12.0. The van der Waals surface area contributed by atoms with Crippen molar-refractivity contribution in [2.24, 2.45) is 0 Å². The van der Waals surface area contributed by atoms with Crippen LogP contribution in [0.1, 0.15) is 40.0 Å². The van der Waals surface area contributed by atoms with E-state index in [1.807, 2.05) is 0 Å². The maximum absolute atomic E-state index is 9.30. The van der Waals surface area contributed by atoms with Crippen LogP contribution in [0.2, 0.25) is 19.6 Å². The van der Waals surface area contributed by atoms with E-state index in [-0.39, 0.29) is 27.9 Å². The summed E-state index contributed by atoms with van der Waals surface area (Å²) in [5.74, 6) is 0. The van der Waals surface area contributed by atoms with Crippen LogP contribution >= 0.6 is 0 Å². The summed E-state index contributed by atoms with van der Waals surface area (Å²) in [6.07, 6.45) is 2.96. The molecule has 127 valence electrons. The third-order valence-electron chi connectivity index (χ3n) is 2.03. The largest absolute Gasteiger partial charge is 0.682 e. The van der Waals surface area contributed by atoms with Crippen LogP contribution < -0.4 is 0 Å². The molecule has 0 unspecified atom stereocenters. The minimum absolute atomic E-state index is 0. The molecule has 11 heteroatoms. The van der Waals surface area contributed by atoms with E-state index in [4.69, 9.17) is 21.9 Å². The Morgan fingerprint density at radius 2 is 0.810 bits per heavy atom. The zero-order valence-corrected chi connectivity index (χ0v) is 20.0. The molecule has 4 N–H and O–H groups in total. The van der Waals surface area contributed by atoms with Gasteiger partial charge in [0.25, 0.3) is 0 Å². The van der Waals surface area contributed by atoms with Gasteiger partial charge in [-0.05, 0) is 19.6 Å². The smallest absolute Gasteiger partial charge is 0.174 e. The van der Waals surface area contributed by atoms with E-state index in [2.05, 4.69) is 20.8 Å². The topological polar surface area (TPSA) is 146 Å². The van der Waals surface area contributed by atoms with Crippen molar-refractivity contribution >= 4 is 26.5 Å². The van der Waals surface area contributed by atoms with Crippen molar-refractivity contribution in [3.8, 4) is 0 Å². The van der Waals surface area contributed by atoms with Crippen LogP contribution in [0.3, 0.4) is 0 Å². The maximum Gasteiger partial charge on any atom is 0.174 e. The molecule has 0 fully saturated rings. The number of hydrogen-bond donors (Lipinski definition) is 0. The van der Waals surface area contributed by atoms with E-state index < -0.39 is 26.5 Å². The average molecular weight is 518 g/mol. The van der Waals surface area contributed by atoms with Crippen LogP contribution in [0.4, 0.5) is 0 Å². The Balaban J connectivity index is -0.0000000570. The standard InChI is InChI=1S/C7H16N.3CH4NOSi.Ta/c1-4-7(8,5-2)6-3;3*1-4(2)3;/h8H,4-6H2,1-3H3;3*2H,1H3;/q4*-1;. The second kappa shape index (κ2) is 22.4. The Bertz CT molecular complexity index is 231. The fourth-order valence-corrected chi connectivity index (χ4v) is 0.750. The first-order valence-electron chi connectivity index (χ1n) is 6.29. The fraction of sp³-hybridized carbons (Fsp3) is 1.00. The van der Waals surface area contributed by atoms with Gasteiger partial charge in [-0.1, -0.05) is 40.0 Å². The van der Waals surface area contributed by atoms with Gasteiger partial charge >= 0.3 is 0 Å². The molecule has 0 aliphatic rings. The molecule has 1 radical (unpaired) electrons. The van der Waals surface area contributed by atoms with E-state index in [0.29, 0.717) is 0 Å². The maximum atomic E-state index is 9.30. The van der Waals surface area contributed by atoms with Crippen molar-refractivity contribution in [2.75, 3.05) is 0 Å². The van der Waals surface area contributed by atoms with Gasteiger partial charge in [-0.3, -0.25) is 0 Å². The Morgan fingerprint density at radius 3 is 0.810 bits per heavy atom. The Morgan fingerprint density at radius 1 is 0.714 bits per heavy atom. The van der Waals surface area contributed by atoms with E-state index in [0.717, 1.165) is 19.3 Å². The second-order valence-corrected chi connectivity index (χ2v) is 7.35. The van der Waals surface area contributed by atoms with Crippen molar-refractivity contribution in [3.63, 3.8) is 0 Å². The van der Waals surface area contributed by atoms with Crippen LogP contribution in [-0.4, -0.2) is 32.1 Å². The van der Waals surface area contributed by atoms with Gasteiger partial charge in [-0.2, -0.15) is 0 Å². The van der Waals surface area contributed by atoms with Gasteiger partial charge in [0.1, 0.15) is 0 Å². The molecule has 0 heterocycles. The van der Waals surface area contributed by atoms with Crippen LogP contribution in [0.15, 0.2) is 0 Å². The first-order chi connectivity index (χ1) is 8.88. The first kappa shape index (κ1) is 32.9. The molecule has 0 aromatic rings. The van der Waals surface area contributed by atoms with Crippen molar-refractivity contribution in [3.05, 3.63) is 21.9 Å². The van der Waals surface area contributed by atoms with Gasteiger partial charge in [0.15, 0.2) is 26.5 Å². The van der Waals surface area contributed by atoms with Gasteiger partial charge in [0.2, 0.25) is 0 Å². The van der Waals surface area contributed by atoms with Gasteiger partial charge in [0, 0.05) is 22.4 Å². The summed E-state index contributed by atoms with van der Waals surface area (Å²) >= 11 is 0. The van der Waals surface area contributed by atoms with Crippen molar-refractivity contribution in [1.29, 1.82) is 0 Å². The monoisotopic (exact) mass is 517 g/mol. The summed E-state index contributed by atoms with van der Waals surface area (Å²) in [5.41, 5.74) is 7.54. The van der Waals surface area contributed by atoms with Crippen molar-refractivity contribution in [2.45, 2.75) is 65.2 Å². The van der Waals surface area contributed by atoms with Crippen molar-refractivity contribution in [1.82, 2.24) is 0 Å². The summed E-state index contributed by atoms with van der Waals surface area (Å²) in [6, 6.07) is 0. The fourth-order valence-electron chi connectivity index (χ4n) is 0.750. The Labute approximate surface area is 149 Å². The van der Waals surface area contributed by atoms with Gasteiger partial charge in [0.05, 0.1) is 0 Å². The molecular formula is C10H28N4O3Si3Ta-4. The molecule has 0 amide bonds. The molecular weight excluding hydrogens is 489 g/mol. The summed E-state index contributed by atoms with van der Waals surface area (Å²) in [5, 5.41) is 18.4. The SMILES string of the molecule is CCC([NH-])(CC)CC.C[Si]([NH-])=O.C[Si]([NH-])=O.C[Si]([NH-])=O.[Ta]. The van der Waals surface area contributed by atoms with E-state index in [9.17, 15) is 13.4 Å². The molecule has 0 saturated carbocycles. The number of hydrogen-bond acceptors (Lipinski definition) is 3. The molecule has 0 aliphatic heterocycles. The number of nitrogens with one attached hydrogen (secondary N) is 4. The minimum atomic E-state index is -1.88. The van der Waals surface area contributed by atoms with Crippen LogP contribution in [-0.2, 0) is 35.8 Å². The van der Waals surface area contributed by atoms with Crippen LogP contribution in [0, 0.1) is 0 Å². The predicted octanol–water partition coefficient (Wildman–Crippen LogP) is 4.77. The number of rotatable bonds is 3. The molecule has 0 saturated heterocycles. The summed E-state index contributed by atoms with van der Waals surface area (Å²) in [6.45, 7) is 10.4. The molecule has 0 aliphatic carbocycles. The van der Waals surface area contributed by atoms with Crippen LogP contribution in [0.25, 0.3) is 21.9 Å². The molecule has 0 spiro atoms. The van der Waals surface area contributed by atoms with Crippen molar-refractivity contribution < 1.29 is 35.8 Å².